The first-order chi connectivity index (χ1) is 3.81. The summed E-state index contributed by atoms with van der Waals surface area (Å²) < 4.78 is 23.8. The quantitative estimate of drug-likeness (QED) is 0.470. The van der Waals surface area contributed by atoms with Crippen molar-refractivity contribution in [3.05, 3.63) is 0 Å². The Hall–Kier alpha value is -0.206. The Kier molecular flexibility index (Phi) is 4.81. The van der Waals surface area contributed by atoms with Crippen molar-refractivity contribution in [3.63, 3.8) is 0 Å². The monoisotopic (exact) mass is 152 g/mol. The molecule has 0 fully saturated rings. The van der Waals surface area contributed by atoms with E-state index >= 15 is 0 Å². The molecule has 0 N–H and O–H groups in total. The predicted molar refractivity (Wildman–Crippen MR) is 30.1 cm³/mol. The van der Waals surface area contributed by atoms with E-state index in [1.807, 2.05) is 0 Å². The van der Waals surface area contributed by atoms with Crippen LogP contribution >= 0.6 is 0 Å². The number of hydrogen-bond donors (Lipinski definition) is 0. The fourth-order valence-electron chi connectivity index (χ4n) is 0.166. The van der Waals surface area contributed by atoms with E-state index in [-0.39, 0.29) is 0 Å². The van der Waals surface area contributed by atoms with Crippen LogP contribution in [0.3, 0.4) is 0 Å². The molecule has 0 aliphatic carbocycles. The van der Waals surface area contributed by atoms with Crippen LogP contribution in [0.4, 0.5) is 0 Å². The van der Waals surface area contributed by atoms with E-state index in [0.717, 1.165) is 0 Å². The van der Waals surface area contributed by atoms with E-state index in [4.69, 9.17) is 0 Å². The molecular formula is C2H8O4Si2. The molecule has 0 unspecified atom stereocenters. The van der Waals surface area contributed by atoms with Crippen molar-refractivity contribution in [1.82, 2.24) is 0 Å². The highest BCUT2D eigenvalue weighted by Gasteiger charge is 2.04. The first-order valence-electron chi connectivity index (χ1n) is 2.01. The largest absolute Gasteiger partial charge is 0.752 e. The van der Waals surface area contributed by atoms with Crippen molar-refractivity contribution in [2.24, 2.45) is 0 Å². The molecule has 48 valence electrons. The van der Waals surface area contributed by atoms with E-state index in [1.54, 1.807) is 0 Å². The van der Waals surface area contributed by atoms with Crippen molar-refractivity contribution >= 4 is 19.2 Å². The minimum atomic E-state index is -2.20. The maximum Gasteiger partial charge on any atom is 0.752 e. The summed E-state index contributed by atoms with van der Waals surface area (Å²) >= 11 is 0. The van der Waals surface area contributed by atoms with Gasteiger partial charge in [-0.25, -0.2) is 0 Å². The second kappa shape index (κ2) is 4.94. The minimum absolute atomic E-state index is 1.03. The molecule has 0 aromatic rings. The van der Waals surface area contributed by atoms with Gasteiger partial charge in [-0.05, 0) is 0 Å². The lowest BCUT2D eigenvalue weighted by Crippen LogP contribution is -2.13. The van der Waals surface area contributed by atoms with Gasteiger partial charge in [-0.3, -0.25) is 4.46 Å². The average Bonchev–Trinajstić information content (AvgIpc) is 1.83. The van der Waals surface area contributed by atoms with Crippen molar-refractivity contribution in [2.75, 3.05) is 14.2 Å². The maximum absolute atomic E-state index is 10.3. The SMILES string of the molecule is CO[SiH2]O[Si](=O)OC. The van der Waals surface area contributed by atoms with Gasteiger partial charge in [-0.15, -0.1) is 0 Å². The second-order valence-corrected chi connectivity index (χ2v) is 3.88. The van der Waals surface area contributed by atoms with Gasteiger partial charge in [-0.1, -0.05) is 0 Å². The highest BCUT2D eigenvalue weighted by atomic mass is 28.4. The highest BCUT2D eigenvalue weighted by Crippen LogP contribution is 1.71. The zero-order valence-electron chi connectivity index (χ0n) is 4.84. The van der Waals surface area contributed by atoms with Crippen molar-refractivity contribution in [1.29, 1.82) is 0 Å². The van der Waals surface area contributed by atoms with Gasteiger partial charge >= 0.3 is 19.2 Å². The fourth-order valence-corrected chi connectivity index (χ4v) is 1.49. The van der Waals surface area contributed by atoms with E-state index in [1.165, 1.54) is 14.2 Å². The minimum Gasteiger partial charge on any atom is -0.534 e. The Morgan fingerprint density at radius 1 is 1.50 bits per heavy atom. The molecule has 0 atom stereocenters. The summed E-state index contributed by atoms with van der Waals surface area (Å²) in [6.45, 7) is 0. The Morgan fingerprint density at radius 2 is 2.12 bits per heavy atom. The van der Waals surface area contributed by atoms with Crippen LogP contribution in [0.25, 0.3) is 0 Å². The predicted octanol–water partition coefficient (Wildman–Crippen LogP) is -1.29. The zero-order valence-corrected chi connectivity index (χ0v) is 7.25. The molecule has 6 heteroatoms. The van der Waals surface area contributed by atoms with Crippen LogP contribution in [0.2, 0.25) is 0 Å². The van der Waals surface area contributed by atoms with Gasteiger partial charge in [0.1, 0.15) is 0 Å². The molecule has 0 aromatic heterocycles. The molecule has 0 aliphatic heterocycles. The summed E-state index contributed by atoms with van der Waals surface area (Å²) in [4.78, 5) is 0. The van der Waals surface area contributed by atoms with Crippen LogP contribution in [0, 0.1) is 0 Å². The topological polar surface area (TPSA) is 44.8 Å². The fraction of sp³-hybridized carbons (Fsp3) is 1.00. The van der Waals surface area contributed by atoms with Crippen molar-refractivity contribution in [3.8, 4) is 0 Å². The molecule has 0 saturated heterocycles. The summed E-state index contributed by atoms with van der Waals surface area (Å²) in [5.41, 5.74) is 0. The molecule has 0 heterocycles. The highest BCUT2D eigenvalue weighted by molar-refractivity contribution is 6.38. The molecule has 0 amide bonds. The molecule has 0 spiro atoms. The van der Waals surface area contributed by atoms with E-state index in [0.29, 0.717) is 0 Å². The Labute approximate surface area is 51.7 Å². The number of rotatable bonds is 4. The maximum atomic E-state index is 10.3. The van der Waals surface area contributed by atoms with Crippen LogP contribution in [-0.4, -0.2) is 33.4 Å². The molecule has 0 aliphatic rings. The molecule has 8 heavy (non-hydrogen) atoms. The Bertz CT molecular complexity index is 74.4. The first kappa shape index (κ1) is 7.79. The van der Waals surface area contributed by atoms with Crippen LogP contribution in [0.15, 0.2) is 0 Å². The van der Waals surface area contributed by atoms with Crippen LogP contribution in [-0.2, 0) is 17.4 Å². The van der Waals surface area contributed by atoms with Gasteiger partial charge in [0.25, 0.3) is 0 Å². The van der Waals surface area contributed by atoms with Crippen LogP contribution in [0.5, 0.6) is 0 Å². The normalized spacial score (nSPS) is 9.75. The lowest BCUT2D eigenvalue weighted by Gasteiger charge is -1.97. The van der Waals surface area contributed by atoms with Gasteiger partial charge in [0.15, 0.2) is 0 Å². The molecule has 0 radical (unpaired) electrons. The first-order valence-corrected chi connectivity index (χ1v) is 4.39. The zero-order chi connectivity index (χ0) is 6.41. The van der Waals surface area contributed by atoms with Gasteiger partial charge in [-0.2, -0.15) is 0 Å². The summed E-state index contributed by atoms with van der Waals surface area (Å²) in [7, 11) is -0.384. The van der Waals surface area contributed by atoms with Crippen LogP contribution < -0.4 is 0 Å². The van der Waals surface area contributed by atoms with E-state index in [2.05, 4.69) is 13.0 Å². The summed E-state index contributed by atoms with van der Waals surface area (Å²) in [5.74, 6) is 0. The smallest absolute Gasteiger partial charge is 0.534 e. The third-order valence-corrected chi connectivity index (χ3v) is 2.44. The van der Waals surface area contributed by atoms with E-state index in [9.17, 15) is 4.46 Å². The third-order valence-electron chi connectivity index (χ3n) is 0.461. The number of hydrogen-bond acceptors (Lipinski definition) is 4. The van der Waals surface area contributed by atoms with Gasteiger partial charge < -0.3 is 13.0 Å². The lowest BCUT2D eigenvalue weighted by atomic mass is 11.8. The van der Waals surface area contributed by atoms with Crippen LogP contribution in [0.1, 0.15) is 0 Å². The molecule has 0 aromatic carbocycles. The van der Waals surface area contributed by atoms with E-state index < -0.39 is 19.2 Å². The average molecular weight is 152 g/mol. The van der Waals surface area contributed by atoms with Gasteiger partial charge in [0.2, 0.25) is 0 Å². The molecular weight excluding hydrogens is 144 g/mol. The standard InChI is InChI=1S/C2H8O4Si2/c1-4-7-6-8(3)5-2/h7H2,1-2H3. The van der Waals surface area contributed by atoms with Gasteiger partial charge in [0.05, 0.1) is 7.11 Å². The molecule has 0 saturated carbocycles. The van der Waals surface area contributed by atoms with Crippen molar-refractivity contribution in [2.45, 2.75) is 0 Å². The molecule has 0 bridgehead atoms. The second-order valence-electron chi connectivity index (χ2n) is 1.00. The molecule has 4 nitrogen and oxygen atoms in total. The van der Waals surface area contributed by atoms with Gasteiger partial charge in [0, 0.05) is 7.11 Å². The summed E-state index contributed by atoms with van der Waals surface area (Å²) in [6, 6.07) is 0. The Morgan fingerprint density at radius 3 is 2.50 bits per heavy atom. The summed E-state index contributed by atoms with van der Waals surface area (Å²) in [5, 5.41) is 0. The third kappa shape index (κ3) is 3.97. The summed E-state index contributed by atoms with van der Waals surface area (Å²) in [6.07, 6.45) is 0. The van der Waals surface area contributed by atoms with Crippen molar-refractivity contribution < 1.29 is 17.4 Å². The lowest BCUT2D eigenvalue weighted by molar-refractivity contribution is 0.261. The molecule has 0 rings (SSSR count). The Balaban J connectivity index is 2.99.